The number of nitrogen functional groups attached to an aromatic ring is 1. The number of nitrogens with zero attached hydrogens (tertiary/aromatic N) is 2. The summed E-state index contributed by atoms with van der Waals surface area (Å²) in [5.41, 5.74) is 5.75. The first-order chi connectivity index (χ1) is 9.97. The Morgan fingerprint density at radius 1 is 1.14 bits per heavy atom. The summed E-state index contributed by atoms with van der Waals surface area (Å²) in [6.07, 6.45) is 1.49. The van der Waals surface area contributed by atoms with Crippen LogP contribution in [0.4, 0.5) is 18.9 Å². The molecule has 1 heterocycles. The van der Waals surface area contributed by atoms with Crippen LogP contribution in [-0.2, 0) is 6.18 Å². The van der Waals surface area contributed by atoms with Gasteiger partial charge in [-0.15, -0.1) is 0 Å². The largest absolute Gasteiger partial charge is 0.417 e. The maximum absolute atomic E-state index is 13.1. The topological polar surface area (TPSA) is 43.8 Å². The van der Waals surface area contributed by atoms with Crippen LogP contribution >= 0.6 is 0 Å². The molecule has 1 fully saturated rings. The number of halogens is 3. The van der Waals surface area contributed by atoms with E-state index in [4.69, 9.17) is 5.73 Å². The summed E-state index contributed by atoms with van der Waals surface area (Å²) in [5.74, 6) is 0. The molecule has 112 valence electrons. The highest BCUT2D eigenvalue weighted by atomic mass is 19.4. The molecular formula is C15H16F3N3. The SMILES string of the molecule is Nc1cn(C2CCCC2)nc1-c1ccccc1C(F)(F)F. The predicted molar refractivity (Wildman–Crippen MR) is 74.6 cm³/mol. The minimum Gasteiger partial charge on any atom is -0.396 e. The van der Waals surface area contributed by atoms with Gasteiger partial charge in [0.1, 0.15) is 5.69 Å². The molecule has 21 heavy (non-hydrogen) atoms. The fourth-order valence-electron chi connectivity index (χ4n) is 2.91. The Morgan fingerprint density at radius 3 is 2.48 bits per heavy atom. The average Bonchev–Trinajstić information content (AvgIpc) is 3.06. The van der Waals surface area contributed by atoms with E-state index in [9.17, 15) is 13.2 Å². The molecule has 2 N–H and O–H groups in total. The second-order valence-electron chi connectivity index (χ2n) is 5.39. The normalized spacial score (nSPS) is 16.5. The standard InChI is InChI=1S/C15H16F3N3/c16-15(17,18)12-8-4-3-7-11(12)14-13(19)9-21(20-14)10-5-1-2-6-10/h3-4,7-10H,1-2,5-6,19H2. The van der Waals surface area contributed by atoms with Crippen molar-refractivity contribution in [2.24, 2.45) is 0 Å². The Bertz CT molecular complexity index is 640. The van der Waals surface area contributed by atoms with E-state index in [1.165, 1.54) is 12.1 Å². The number of rotatable bonds is 2. The van der Waals surface area contributed by atoms with Crippen molar-refractivity contribution < 1.29 is 13.2 Å². The molecule has 0 saturated heterocycles. The van der Waals surface area contributed by atoms with Crippen molar-refractivity contribution in [3.63, 3.8) is 0 Å². The molecule has 3 nitrogen and oxygen atoms in total. The zero-order chi connectivity index (χ0) is 15.0. The van der Waals surface area contributed by atoms with Gasteiger partial charge in [0.25, 0.3) is 0 Å². The minimum absolute atomic E-state index is 0.0410. The molecule has 0 spiro atoms. The van der Waals surface area contributed by atoms with Gasteiger partial charge in [-0.05, 0) is 18.9 Å². The molecule has 0 aliphatic heterocycles. The maximum Gasteiger partial charge on any atom is 0.417 e. The third-order valence-corrected chi connectivity index (χ3v) is 3.95. The van der Waals surface area contributed by atoms with E-state index >= 15 is 0 Å². The Labute approximate surface area is 120 Å². The zero-order valence-corrected chi connectivity index (χ0v) is 11.4. The van der Waals surface area contributed by atoms with Crippen LogP contribution in [0.2, 0.25) is 0 Å². The van der Waals surface area contributed by atoms with Crippen molar-refractivity contribution >= 4 is 5.69 Å². The smallest absolute Gasteiger partial charge is 0.396 e. The van der Waals surface area contributed by atoms with Crippen LogP contribution in [0.25, 0.3) is 11.3 Å². The van der Waals surface area contributed by atoms with E-state index in [0.717, 1.165) is 31.7 Å². The number of benzene rings is 1. The lowest BCUT2D eigenvalue weighted by Crippen LogP contribution is -2.08. The first kappa shape index (κ1) is 14.0. The Hall–Kier alpha value is -1.98. The van der Waals surface area contributed by atoms with Crippen LogP contribution in [0.3, 0.4) is 0 Å². The van der Waals surface area contributed by atoms with Gasteiger partial charge in [0.05, 0.1) is 17.3 Å². The molecule has 3 rings (SSSR count). The fourth-order valence-corrected chi connectivity index (χ4v) is 2.91. The van der Waals surface area contributed by atoms with Gasteiger partial charge in [0, 0.05) is 11.8 Å². The third-order valence-electron chi connectivity index (χ3n) is 3.95. The highest BCUT2D eigenvalue weighted by Crippen LogP contribution is 2.39. The first-order valence-corrected chi connectivity index (χ1v) is 6.98. The summed E-state index contributed by atoms with van der Waals surface area (Å²) in [7, 11) is 0. The lowest BCUT2D eigenvalue weighted by atomic mass is 10.0. The van der Waals surface area contributed by atoms with E-state index < -0.39 is 11.7 Å². The Morgan fingerprint density at radius 2 is 1.81 bits per heavy atom. The molecule has 1 aliphatic rings. The lowest BCUT2D eigenvalue weighted by molar-refractivity contribution is -0.137. The minimum atomic E-state index is -4.42. The summed E-state index contributed by atoms with van der Waals surface area (Å²) in [6, 6.07) is 5.66. The summed E-state index contributed by atoms with van der Waals surface area (Å²) >= 11 is 0. The molecule has 1 saturated carbocycles. The van der Waals surface area contributed by atoms with Crippen molar-refractivity contribution in [3.8, 4) is 11.3 Å². The van der Waals surface area contributed by atoms with E-state index in [0.29, 0.717) is 5.69 Å². The van der Waals surface area contributed by atoms with E-state index in [2.05, 4.69) is 5.10 Å². The van der Waals surface area contributed by atoms with Crippen molar-refractivity contribution in [2.75, 3.05) is 5.73 Å². The molecule has 6 heteroatoms. The zero-order valence-electron chi connectivity index (χ0n) is 11.4. The quantitative estimate of drug-likeness (QED) is 0.899. The summed E-state index contributed by atoms with van der Waals surface area (Å²) in [6.45, 7) is 0. The highest BCUT2D eigenvalue weighted by Gasteiger charge is 2.34. The number of anilines is 1. The van der Waals surface area contributed by atoms with Crippen LogP contribution in [0, 0.1) is 0 Å². The van der Waals surface area contributed by atoms with E-state index in [-0.39, 0.29) is 17.3 Å². The van der Waals surface area contributed by atoms with Crippen LogP contribution in [0.15, 0.2) is 30.5 Å². The van der Waals surface area contributed by atoms with Crippen LogP contribution in [0.1, 0.15) is 37.3 Å². The van der Waals surface area contributed by atoms with Crippen molar-refractivity contribution in [3.05, 3.63) is 36.0 Å². The van der Waals surface area contributed by atoms with Gasteiger partial charge in [-0.3, -0.25) is 4.68 Å². The fraction of sp³-hybridized carbons (Fsp3) is 0.400. The van der Waals surface area contributed by atoms with Crippen molar-refractivity contribution in [2.45, 2.75) is 37.9 Å². The van der Waals surface area contributed by atoms with Crippen molar-refractivity contribution in [1.29, 1.82) is 0 Å². The first-order valence-electron chi connectivity index (χ1n) is 6.98. The maximum atomic E-state index is 13.1. The summed E-state index contributed by atoms with van der Waals surface area (Å²) < 4.78 is 41.0. The second-order valence-corrected chi connectivity index (χ2v) is 5.39. The van der Waals surface area contributed by atoms with Gasteiger partial charge in [-0.2, -0.15) is 18.3 Å². The van der Waals surface area contributed by atoms with Gasteiger partial charge >= 0.3 is 6.18 Å². The second kappa shape index (κ2) is 5.09. The van der Waals surface area contributed by atoms with Crippen LogP contribution in [0.5, 0.6) is 0 Å². The van der Waals surface area contributed by atoms with E-state index in [1.54, 1.807) is 16.9 Å². The van der Waals surface area contributed by atoms with Crippen molar-refractivity contribution in [1.82, 2.24) is 9.78 Å². The number of alkyl halides is 3. The Kier molecular flexibility index (Phi) is 3.39. The lowest BCUT2D eigenvalue weighted by Gasteiger charge is -2.12. The molecule has 0 atom stereocenters. The van der Waals surface area contributed by atoms with Gasteiger partial charge in [0.2, 0.25) is 0 Å². The molecule has 0 radical (unpaired) electrons. The number of hydrogen-bond donors (Lipinski definition) is 1. The molecule has 2 aromatic rings. The monoisotopic (exact) mass is 295 g/mol. The predicted octanol–water partition coefficient (Wildman–Crippen LogP) is 4.27. The van der Waals surface area contributed by atoms with Gasteiger partial charge in [-0.1, -0.05) is 31.0 Å². The van der Waals surface area contributed by atoms with Gasteiger partial charge in [0.15, 0.2) is 0 Å². The van der Waals surface area contributed by atoms with Crippen LogP contribution < -0.4 is 5.73 Å². The molecule has 1 aromatic carbocycles. The van der Waals surface area contributed by atoms with Crippen LogP contribution in [-0.4, -0.2) is 9.78 Å². The average molecular weight is 295 g/mol. The molecule has 0 bridgehead atoms. The Balaban J connectivity index is 2.05. The number of nitrogens with two attached hydrogens (primary N) is 1. The summed E-state index contributed by atoms with van der Waals surface area (Å²) in [4.78, 5) is 0. The number of hydrogen-bond acceptors (Lipinski definition) is 2. The summed E-state index contributed by atoms with van der Waals surface area (Å²) in [5, 5.41) is 4.33. The third kappa shape index (κ3) is 2.62. The molecule has 1 aromatic heterocycles. The van der Waals surface area contributed by atoms with E-state index in [1.807, 2.05) is 0 Å². The molecule has 1 aliphatic carbocycles. The number of aromatic nitrogens is 2. The molecular weight excluding hydrogens is 279 g/mol. The van der Waals surface area contributed by atoms with Gasteiger partial charge < -0.3 is 5.73 Å². The molecule has 0 unspecified atom stereocenters. The van der Waals surface area contributed by atoms with Gasteiger partial charge in [-0.25, -0.2) is 0 Å². The molecule has 0 amide bonds. The highest BCUT2D eigenvalue weighted by molar-refractivity contribution is 5.75.